The molecule has 0 amide bonds. The van der Waals surface area contributed by atoms with Gasteiger partial charge in [-0.1, -0.05) is 52.0 Å². The minimum absolute atomic E-state index is 0.227. The zero-order valence-electron chi connectivity index (χ0n) is 13.1. The van der Waals surface area contributed by atoms with Crippen LogP contribution in [0, 0.1) is 0 Å². The van der Waals surface area contributed by atoms with Crippen molar-refractivity contribution in [3.63, 3.8) is 0 Å². The minimum Gasteiger partial charge on any atom is -0.383 e. The predicted octanol–water partition coefficient (Wildman–Crippen LogP) is 3.54. The van der Waals surface area contributed by atoms with Crippen LogP contribution in [-0.4, -0.2) is 26.3 Å². The molecule has 108 valence electrons. The van der Waals surface area contributed by atoms with E-state index in [1.807, 2.05) is 0 Å². The van der Waals surface area contributed by atoms with Crippen molar-refractivity contribution in [2.45, 2.75) is 52.0 Å². The van der Waals surface area contributed by atoms with Gasteiger partial charge in [-0.05, 0) is 35.9 Å². The summed E-state index contributed by atoms with van der Waals surface area (Å²) >= 11 is 0. The van der Waals surface area contributed by atoms with Crippen LogP contribution in [0.3, 0.4) is 0 Å². The van der Waals surface area contributed by atoms with Crippen LogP contribution < -0.4 is 5.32 Å². The number of methoxy groups -OCH3 is 1. The van der Waals surface area contributed by atoms with Gasteiger partial charge in [-0.15, -0.1) is 0 Å². The monoisotopic (exact) mass is 263 g/mol. The molecule has 0 spiro atoms. The third-order valence-electron chi connectivity index (χ3n) is 3.35. The lowest BCUT2D eigenvalue weighted by molar-refractivity contribution is 0.166. The molecule has 0 aliphatic carbocycles. The van der Waals surface area contributed by atoms with Crippen molar-refractivity contribution in [1.29, 1.82) is 0 Å². The first-order valence-electron chi connectivity index (χ1n) is 7.29. The van der Waals surface area contributed by atoms with Crippen molar-refractivity contribution in [1.82, 2.24) is 5.32 Å². The lowest BCUT2D eigenvalue weighted by Crippen LogP contribution is -2.35. The van der Waals surface area contributed by atoms with Crippen LogP contribution in [0.2, 0.25) is 0 Å². The van der Waals surface area contributed by atoms with Crippen molar-refractivity contribution in [3.05, 3.63) is 35.4 Å². The van der Waals surface area contributed by atoms with Crippen LogP contribution in [0.4, 0.5) is 0 Å². The van der Waals surface area contributed by atoms with Crippen molar-refractivity contribution in [3.8, 4) is 0 Å². The second-order valence-corrected chi connectivity index (χ2v) is 6.26. The molecule has 0 aliphatic rings. The summed E-state index contributed by atoms with van der Waals surface area (Å²) in [5.41, 5.74) is 2.99. The minimum atomic E-state index is 0.227. The normalized spacial score (nSPS) is 13.5. The maximum Gasteiger partial charge on any atom is 0.0619 e. The van der Waals surface area contributed by atoms with E-state index in [0.29, 0.717) is 6.04 Å². The maximum absolute atomic E-state index is 5.29. The molecule has 0 aliphatic heterocycles. The lowest BCUT2D eigenvalue weighted by Gasteiger charge is -2.21. The number of hydrogen-bond donors (Lipinski definition) is 1. The van der Waals surface area contributed by atoms with E-state index in [1.165, 1.54) is 11.1 Å². The van der Waals surface area contributed by atoms with Gasteiger partial charge in [0.2, 0.25) is 0 Å². The molecule has 0 bridgehead atoms. The summed E-state index contributed by atoms with van der Waals surface area (Å²) in [6, 6.07) is 9.40. The van der Waals surface area contributed by atoms with Gasteiger partial charge < -0.3 is 10.1 Å². The second-order valence-electron chi connectivity index (χ2n) is 6.26. The maximum atomic E-state index is 5.29. The van der Waals surface area contributed by atoms with Crippen LogP contribution in [0.25, 0.3) is 0 Å². The number of benzene rings is 1. The molecular formula is C17H29NO. The molecule has 1 rings (SSSR count). The Balaban J connectivity index is 2.64. The zero-order chi connectivity index (χ0) is 14.3. The van der Waals surface area contributed by atoms with E-state index >= 15 is 0 Å². The van der Waals surface area contributed by atoms with Gasteiger partial charge in [-0.2, -0.15) is 0 Å². The molecule has 2 heteroatoms. The number of ether oxygens (including phenoxy) is 1. The van der Waals surface area contributed by atoms with Gasteiger partial charge >= 0.3 is 0 Å². The fourth-order valence-corrected chi connectivity index (χ4v) is 2.17. The summed E-state index contributed by atoms with van der Waals surface area (Å²) < 4.78 is 5.29. The molecule has 0 aromatic heterocycles. The molecule has 1 aromatic rings. The van der Waals surface area contributed by atoms with Gasteiger partial charge in [0.05, 0.1) is 6.61 Å². The van der Waals surface area contributed by atoms with Crippen LogP contribution in [0.1, 0.15) is 45.2 Å². The molecule has 1 N–H and O–H groups in total. The largest absolute Gasteiger partial charge is 0.383 e. The van der Waals surface area contributed by atoms with Crippen LogP contribution in [0.15, 0.2) is 24.3 Å². The quantitative estimate of drug-likeness (QED) is 0.812. The van der Waals surface area contributed by atoms with Crippen molar-refractivity contribution < 1.29 is 4.74 Å². The number of hydrogen-bond acceptors (Lipinski definition) is 2. The smallest absolute Gasteiger partial charge is 0.0619 e. The highest BCUT2D eigenvalue weighted by Gasteiger charge is 2.14. The molecule has 1 unspecified atom stereocenters. The summed E-state index contributed by atoms with van der Waals surface area (Å²) in [5.74, 6) is 0. The highest BCUT2D eigenvalue weighted by atomic mass is 16.5. The molecule has 1 atom stereocenters. The third-order valence-corrected chi connectivity index (χ3v) is 3.35. The molecule has 0 fully saturated rings. The van der Waals surface area contributed by atoms with Crippen LogP contribution >= 0.6 is 0 Å². The van der Waals surface area contributed by atoms with Crippen molar-refractivity contribution >= 4 is 0 Å². The van der Waals surface area contributed by atoms with Gasteiger partial charge in [0.25, 0.3) is 0 Å². The summed E-state index contributed by atoms with van der Waals surface area (Å²) in [4.78, 5) is 0. The molecule has 0 saturated carbocycles. The Morgan fingerprint density at radius 3 is 2.26 bits per heavy atom. The van der Waals surface area contributed by atoms with E-state index in [2.05, 4.69) is 57.3 Å². The van der Waals surface area contributed by atoms with Gasteiger partial charge in [0.15, 0.2) is 0 Å². The Bertz CT molecular complexity index is 351. The van der Waals surface area contributed by atoms with Gasteiger partial charge in [-0.3, -0.25) is 0 Å². The van der Waals surface area contributed by atoms with E-state index in [-0.39, 0.29) is 5.41 Å². The lowest BCUT2D eigenvalue weighted by atomic mass is 9.86. The summed E-state index contributed by atoms with van der Waals surface area (Å²) in [6.45, 7) is 10.7. The first-order valence-corrected chi connectivity index (χ1v) is 7.29. The van der Waals surface area contributed by atoms with E-state index in [4.69, 9.17) is 4.74 Å². The van der Waals surface area contributed by atoms with Crippen LogP contribution in [0.5, 0.6) is 0 Å². The van der Waals surface area contributed by atoms with E-state index in [9.17, 15) is 0 Å². The number of rotatable bonds is 7. The second kappa shape index (κ2) is 7.66. The fourth-order valence-electron chi connectivity index (χ4n) is 2.17. The highest BCUT2D eigenvalue weighted by Crippen LogP contribution is 2.22. The Morgan fingerprint density at radius 2 is 1.79 bits per heavy atom. The molecule has 2 nitrogen and oxygen atoms in total. The van der Waals surface area contributed by atoms with E-state index in [1.54, 1.807) is 7.11 Å². The topological polar surface area (TPSA) is 21.3 Å². The van der Waals surface area contributed by atoms with Crippen molar-refractivity contribution in [2.24, 2.45) is 0 Å². The highest BCUT2D eigenvalue weighted by molar-refractivity contribution is 5.28. The van der Waals surface area contributed by atoms with Gasteiger partial charge in [-0.25, -0.2) is 0 Å². The Kier molecular flexibility index (Phi) is 6.53. The Morgan fingerprint density at radius 1 is 1.16 bits per heavy atom. The average molecular weight is 263 g/mol. The molecule has 19 heavy (non-hydrogen) atoms. The molecule has 0 saturated heterocycles. The standard InChI is InChI=1S/C17H29NO/c1-6-11-18-16(13-19-5)12-14-7-9-15(10-8-14)17(2,3)4/h7-10,16,18H,6,11-13H2,1-5H3. The van der Waals surface area contributed by atoms with Gasteiger partial charge in [0, 0.05) is 13.2 Å². The van der Waals surface area contributed by atoms with Crippen molar-refractivity contribution in [2.75, 3.05) is 20.3 Å². The SMILES string of the molecule is CCCNC(COC)Cc1ccc(C(C)(C)C)cc1. The van der Waals surface area contributed by atoms with Gasteiger partial charge in [0.1, 0.15) is 0 Å². The Labute approximate surface area is 118 Å². The average Bonchev–Trinajstić information content (AvgIpc) is 2.36. The molecule has 1 aromatic carbocycles. The molecule has 0 radical (unpaired) electrons. The summed E-state index contributed by atoms with van der Waals surface area (Å²) in [7, 11) is 1.77. The summed E-state index contributed by atoms with van der Waals surface area (Å²) in [6.07, 6.45) is 2.18. The van der Waals surface area contributed by atoms with Crippen LogP contribution in [-0.2, 0) is 16.6 Å². The first kappa shape index (κ1) is 16.2. The van der Waals surface area contributed by atoms with E-state index in [0.717, 1.165) is 26.0 Å². The Hall–Kier alpha value is -0.860. The molecule has 0 heterocycles. The molecular weight excluding hydrogens is 234 g/mol. The predicted molar refractivity (Wildman–Crippen MR) is 82.8 cm³/mol. The third kappa shape index (κ3) is 5.75. The zero-order valence-corrected chi connectivity index (χ0v) is 13.1. The van der Waals surface area contributed by atoms with E-state index < -0.39 is 0 Å². The summed E-state index contributed by atoms with van der Waals surface area (Å²) in [5, 5.41) is 3.54. The number of nitrogens with one attached hydrogen (secondary N) is 1. The first-order chi connectivity index (χ1) is 8.97. The fraction of sp³-hybridized carbons (Fsp3) is 0.647.